The van der Waals surface area contributed by atoms with Crippen molar-refractivity contribution in [2.24, 2.45) is 0 Å². The molecule has 0 unspecified atom stereocenters. The van der Waals surface area contributed by atoms with E-state index in [1.807, 2.05) is 43.3 Å². The second-order valence-corrected chi connectivity index (χ2v) is 10.3. The number of aromatic hydroxyl groups is 2. The van der Waals surface area contributed by atoms with Gasteiger partial charge in [0.1, 0.15) is 11.5 Å². The van der Waals surface area contributed by atoms with Crippen LogP contribution in [0.5, 0.6) is 11.5 Å². The number of phenols is 2. The summed E-state index contributed by atoms with van der Waals surface area (Å²) in [5, 5.41) is 20.3. The van der Waals surface area contributed by atoms with Crippen LogP contribution in [-0.4, -0.2) is 50.0 Å². The zero-order chi connectivity index (χ0) is 28.4. The molecule has 2 heterocycles. The van der Waals surface area contributed by atoms with Crippen LogP contribution >= 0.6 is 11.6 Å². The summed E-state index contributed by atoms with van der Waals surface area (Å²) in [6.45, 7) is 2.46. The number of likely N-dealkylation sites (tertiary alicyclic amines) is 1. The summed E-state index contributed by atoms with van der Waals surface area (Å²) in [5.41, 5.74) is 4.53. The number of aromatic nitrogens is 2. The normalized spacial score (nSPS) is 14.8. The Hall–Kier alpha value is -4.08. The minimum Gasteiger partial charge on any atom is -0.508 e. The van der Waals surface area contributed by atoms with Gasteiger partial charge in [-0.3, -0.25) is 9.69 Å². The van der Waals surface area contributed by atoms with Gasteiger partial charge in [-0.05, 0) is 59.5 Å². The molecule has 1 aliphatic heterocycles. The van der Waals surface area contributed by atoms with Crippen molar-refractivity contribution in [1.29, 1.82) is 0 Å². The van der Waals surface area contributed by atoms with E-state index in [1.54, 1.807) is 23.2 Å². The molecule has 0 bridgehead atoms. The van der Waals surface area contributed by atoms with Gasteiger partial charge in [0.15, 0.2) is 0 Å². The van der Waals surface area contributed by atoms with Crippen LogP contribution in [0.3, 0.4) is 0 Å². The van der Waals surface area contributed by atoms with Crippen molar-refractivity contribution in [1.82, 2.24) is 14.9 Å². The van der Waals surface area contributed by atoms with Gasteiger partial charge in [-0.15, -0.1) is 0 Å². The molecule has 0 spiro atoms. The summed E-state index contributed by atoms with van der Waals surface area (Å²) < 4.78 is 27.4. The largest absolute Gasteiger partial charge is 0.508 e. The second kappa shape index (κ2) is 11.2. The van der Waals surface area contributed by atoms with Crippen molar-refractivity contribution in [3.05, 3.63) is 100 Å². The number of carbonyl (C=O) groups excluding carboxylic acids is 1. The van der Waals surface area contributed by atoms with E-state index >= 15 is 0 Å². The zero-order valence-electron chi connectivity index (χ0n) is 21.7. The van der Waals surface area contributed by atoms with E-state index in [1.165, 1.54) is 17.0 Å². The molecule has 1 amide bonds. The van der Waals surface area contributed by atoms with E-state index in [0.717, 1.165) is 28.3 Å². The molecule has 1 saturated heterocycles. The third-order valence-corrected chi connectivity index (χ3v) is 7.02. The fourth-order valence-electron chi connectivity index (χ4n) is 4.85. The first-order valence-corrected chi connectivity index (χ1v) is 13.1. The minimum atomic E-state index is -2.67. The molecule has 0 saturated carbocycles. The van der Waals surface area contributed by atoms with Crippen LogP contribution in [-0.2, 0) is 13.1 Å². The van der Waals surface area contributed by atoms with E-state index in [4.69, 9.17) is 11.6 Å². The molecule has 40 heavy (non-hydrogen) atoms. The van der Waals surface area contributed by atoms with E-state index in [9.17, 15) is 23.8 Å². The lowest BCUT2D eigenvalue weighted by atomic mass is 10.1. The maximum Gasteiger partial charge on any atom is 0.262 e. The lowest BCUT2D eigenvalue weighted by Crippen LogP contribution is -2.30. The number of halogens is 3. The maximum atomic E-state index is 13.7. The van der Waals surface area contributed by atoms with Gasteiger partial charge >= 0.3 is 0 Å². The molecule has 1 aliphatic rings. The van der Waals surface area contributed by atoms with Gasteiger partial charge in [-0.1, -0.05) is 36.4 Å². The van der Waals surface area contributed by atoms with Crippen LogP contribution in [0.2, 0.25) is 5.28 Å². The topological polar surface area (TPSA) is 89.8 Å². The Bertz CT molecular complexity index is 1550. The highest BCUT2D eigenvalue weighted by atomic mass is 35.5. The molecule has 4 aromatic rings. The van der Waals surface area contributed by atoms with Crippen molar-refractivity contribution in [3.8, 4) is 22.8 Å². The number of anilines is 1. The molecule has 0 radical (unpaired) electrons. The standard InChI is InChI=1S/C30H27ClF2N4O3/c1-19-15-34-29(31)35-27(19)22-5-7-23(8-6-22)37(28(40)25-10-9-24(38)14-26(25)39)17-21-4-2-3-20(13-21)16-36-12-11-30(32,33)18-36/h2-10,13-15,38-39H,11-12,16-18H2,1H3. The number of carbonyl (C=O) groups is 1. The van der Waals surface area contributed by atoms with Crippen LogP contribution in [0.15, 0.2) is 72.9 Å². The summed E-state index contributed by atoms with van der Waals surface area (Å²) in [6, 6.07) is 18.5. The highest BCUT2D eigenvalue weighted by Crippen LogP contribution is 2.31. The van der Waals surface area contributed by atoms with Gasteiger partial charge in [-0.2, -0.15) is 0 Å². The second-order valence-electron chi connectivity index (χ2n) is 9.95. The minimum absolute atomic E-state index is 0.0238. The van der Waals surface area contributed by atoms with Crippen LogP contribution < -0.4 is 4.90 Å². The summed E-state index contributed by atoms with van der Waals surface area (Å²) >= 11 is 6.00. The number of benzene rings is 3. The van der Waals surface area contributed by atoms with Crippen molar-refractivity contribution in [2.45, 2.75) is 32.4 Å². The van der Waals surface area contributed by atoms with E-state index < -0.39 is 11.8 Å². The lowest BCUT2D eigenvalue weighted by molar-refractivity contribution is 0.0115. The number of hydrogen-bond donors (Lipinski definition) is 2. The Morgan fingerprint density at radius 1 is 1.07 bits per heavy atom. The van der Waals surface area contributed by atoms with Gasteiger partial charge in [0, 0.05) is 43.0 Å². The van der Waals surface area contributed by atoms with Crippen molar-refractivity contribution < 1.29 is 23.8 Å². The van der Waals surface area contributed by atoms with E-state index in [2.05, 4.69) is 9.97 Å². The highest BCUT2D eigenvalue weighted by Gasteiger charge is 2.37. The SMILES string of the molecule is Cc1cnc(Cl)nc1-c1ccc(N(Cc2cccc(CN3CCC(F)(F)C3)c2)C(=O)c2ccc(O)cc2O)cc1. The van der Waals surface area contributed by atoms with Crippen LogP contribution in [0, 0.1) is 6.92 Å². The molecular weight excluding hydrogens is 538 g/mol. The van der Waals surface area contributed by atoms with Crippen LogP contribution in [0.4, 0.5) is 14.5 Å². The fraction of sp³-hybridized carbons (Fsp3) is 0.233. The third-order valence-electron chi connectivity index (χ3n) is 6.84. The molecule has 3 aromatic carbocycles. The van der Waals surface area contributed by atoms with Crippen molar-refractivity contribution >= 4 is 23.2 Å². The Labute approximate surface area is 235 Å². The molecule has 5 rings (SSSR count). The molecular formula is C30H27ClF2N4O3. The Balaban J connectivity index is 1.46. The smallest absolute Gasteiger partial charge is 0.262 e. The first-order chi connectivity index (χ1) is 19.1. The number of phenolic OH excluding ortho intramolecular Hbond substituents is 2. The Kier molecular flexibility index (Phi) is 7.69. The molecule has 0 atom stereocenters. The molecule has 7 nitrogen and oxygen atoms in total. The molecule has 0 aliphatic carbocycles. The zero-order valence-corrected chi connectivity index (χ0v) is 22.4. The summed E-state index contributed by atoms with van der Waals surface area (Å²) in [5.74, 6) is -3.66. The molecule has 2 N–H and O–H groups in total. The number of alkyl halides is 2. The number of rotatable bonds is 7. The van der Waals surface area contributed by atoms with Crippen LogP contribution in [0.25, 0.3) is 11.3 Å². The fourth-order valence-corrected chi connectivity index (χ4v) is 4.98. The first-order valence-electron chi connectivity index (χ1n) is 12.7. The van der Waals surface area contributed by atoms with E-state index in [0.29, 0.717) is 24.5 Å². The van der Waals surface area contributed by atoms with Gasteiger partial charge in [0.2, 0.25) is 5.28 Å². The van der Waals surface area contributed by atoms with Gasteiger partial charge in [0.05, 0.1) is 24.3 Å². The third kappa shape index (κ3) is 6.21. The predicted molar refractivity (Wildman–Crippen MR) is 149 cm³/mol. The van der Waals surface area contributed by atoms with Gasteiger partial charge < -0.3 is 15.1 Å². The quantitative estimate of drug-likeness (QED) is 0.260. The summed E-state index contributed by atoms with van der Waals surface area (Å²) in [7, 11) is 0. The number of amides is 1. The number of nitrogens with zero attached hydrogens (tertiary/aromatic N) is 4. The molecule has 1 aromatic heterocycles. The Morgan fingerprint density at radius 3 is 2.52 bits per heavy atom. The average Bonchev–Trinajstić information content (AvgIpc) is 3.26. The molecule has 10 heteroatoms. The van der Waals surface area contributed by atoms with E-state index in [-0.39, 0.29) is 41.9 Å². The summed E-state index contributed by atoms with van der Waals surface area (Å²) in [4.78, 5) is 25.3. The Morgan fingerprint density at radius 2 is 1.82 bits per heavy atom. The van der Waals surface area contributed by atoms with Crippen LogP contribution in [0.1, 0.15) is 33.5 Å². The summed E-state index contributed by atoms with van der Waals surface area (Å²) in [6.07, 6.45) is 1.49. The number of aryl methyl sites for hydroxylation is 1. The first kappa shape index (κ1) is 27.5. The highest BCUT2D eigenvalue weighted by molar-refractivity contribution is 6.28. The number of hydrogen-bond acceptors (Lipinski definition) is 6. The van der Waals surface area contributed by atoms with Gasteiger partial charge in [0.25, 0.3) is 11.8 Å². The molecule has 1 fully saturated rings. The average molecular weight is 565 g/mol. The molecule has 206 valence electrons. The van der Waals surface area contributed by atoms with Gasteiger partial charge in [-0.25, -0.2) is 18.7 Å². The maximum absolute atomic E-state index is 13.7. The predicted octanol–water partition coefficient (Wildman–Crippen LogP) is 6.20. The van der Waals surface area contributed by atoms with Crippen molar-refractivity contribution in [2.75, 3.05) is 18.0 Å². The lowest BCUT2D eigenvalue weighted by Gasteiger charge is -2.24. The van der Waals surface area contributed by atoms with Crippen molar-refractivity contribution in [3.63, 3.8) is 0 Å². The monoisotopic (exact) mass is 564 g/mol.